The first-order valence-electron chi connectivity index (χ1n) is 6.05. The molecule has 18 heavy (non-hydrogen) atoms. The molecule has 0 aliphatic heterocycles. The van der Waals surface area contributed by atoms with Crippen LogP contribution in [0.2, 0.25) is 0 Å². The summed E-state index contributed by atoms with van der Waals surface area (Å²) in [6.45, 7) is 7.16. The molecular formula is C14H22N2O2. The van der Waals surface area contributed by atoms with Crippen LogP contribution in [-0.2, 0) is 16.1 Å². The molecule has 100 valence electrons. The van der Waals surface area contributed by atoms with E-state index in [0.717, 1.165) is 18.8 Å². The van der Waals surface area contributed by atoms with Crippen molar-refractivity contribution in [3.05, 3.63) is 29.8 Å². The third-order valence-corrected chi connectivity index (χ3v) is 2.71. The first-order chi connectivity index (χ1) is 8.43. The van der Waals surface area contributed by atoms with Crippen molar-refractivity contribution in [1.29, 1.82) is 0 Å². The highest BCUT2D eigenvalue weighted by Crippen LogP contribution is 2.10. The van der Waals surface area contributed by atoms with Gasteiger partial charge >= 0.3 is 0 Å². The molecule has 0 radical (unpaired) electrons. The lowest BCUT2D eigenvalue weighted by Gasteiger charge is -2.23. The van der Waals surface area contributed by atoms with Crippen molar-refractivity contribution in [2.75, 3.05) is 19.0 Å². The quantitative estimate of drug-likeness (QED) is 0.813. The van der Waals surface area contributed by atoms with Crippen molar-refractivity contribution >= 4 is 11.6 Å². The molecule has 0 bridgehead atoms. The topological polar surface area (TPSA) is 50.4 Å². The smallest absolute Gasteiger partial charge is 0.221 e. The maximum Gasteiger partial charge on any atom is 0.221 e. The maximum absolute atomic E-state index is 10.9. The van der Waals surface area contributed by atoms with Gasteiger partial charge in [-0.3, -0.25) is 4.79 Å². The number of methoxy groups -OCH3 is 1. The van der Waals surface area contributed by atoms with E-state index in [2.05, 4.69) is 10.6 Å². The van der Waals surface area contributed by atoms with Crippen LogP contribution in [0.1, 0.15) is 26.3 Å². The molecule has 0 unspecified atom stereocenters. The third kappa shape index (κ3) is 5.29. The van der Waals surface area contributed by atoms with E-state index >= 15 is 0 Å². The van der Waals surface area contributed by atoms with Gasteiger partial charge in [-0.25, -0.2) is 0 Å². The van der Waals surface area contributed by atoms with Crippen LogP contribution >= 0.6 is 0 Å². The van der Waals surface area contributed by atoms with Gasteiger partial charge in [-0.05, 0) is 31.5 Å². The van der Waals surface area contributed by atoms with Crippen molar-refractivity contribution in [2.45, 2.75) is 32.9 Å². The molecule has 0 aromatic heterocycles. The van der Waals surface area contributed by atoms with Crippen LogP contribution in [0.4, 0.5) is 5.69 Å². The number of benzene rings is 1. The number of hydrogen-bond donors (Lipinski definition) is 2. The van der Waals surface area contributed by atoms with Crippen LogP contribution in [0.3, 0.4) is 0 Å². The molecule has 1 aromatic carbocycles. The van der Waals surface area contributed by atoms with Crippen molar-refractivity contribution in [3.8, 4) is 0 Å². The maximum atomic E-state index is 10.9. The number of nitrogens with one attached hydrogen (secondary N) is 2. The number of amides is 1. The zero-order valence-electron chi connectivity index (χ0n) is 11.5. The summed E-state index contributed by atoms with van der Waals surface area (Å²) in [7, 11) is 1.71. The highest BCUT2D eigenvalue weighted by atomic mass is 16.5. The van der Waals surface area contributed by atoms with E-state index in [9.17, 15) is 4.79 Å². The monoisotopic (exact) mass is 250 g/mol. The lowest BCUT2D eigenvalue weighted by Crippen LogP contribution is -2.36. The van der Waals surface area contributed by atoms with Crippen molar-refractivity contribution in [2.24, 2.45) is 0 Å². The highest BCUT2D eigenvalue weighted by Gasteiger charge is 2.14. The molecule has 4 nitrogen and oxygen atoms in total. The Morgan fingerprint density at radius 3 is 2.39 bits per heavy atom. The van der Waals surface area contributed by atoms with E-state index in [1.807, 2.05) is 38.1 Å². The number of ether oxygens (including phenoxy) is 1. The van der Waals surface area contributed by atoms with Gasteiger partial charge in [-0.15, -0.1) is 0 Å². The molecule has 0 saturated heterocycles. The molecule has 0 spiro atoms. The van der Waals surface area contributed by atoms with Gasteiger partial charge in [0.2, 0.25) is 5.91 Å². The Morgan fingerprint density at radius 2 is 1.89 bits per heavy atom. The molecule has 1 aromatic rings. The standard InChI is InChI=1S/C14H22N2O2/c1-11(17)16-13-7-5-12(6-8-13)9-15-10-14(2,3)18-4/h5-8,15H,9-10H2,1-4H3,(H,16,17). The van der Waals surface area contributed by atoms with Gasteiger partial charge in [0.15, 0.2) is 0 Å². The van der Waals surface area contributed by atoms with Crippen LogP contribution in [0, 0.1) is 0 Å². The SMILES string of the molecule is COC(C)(C)CNCc1ccc(NC(C)=O)cc1. The Morgan fingerprint density at radius 1 is 1.28 bits per heavy atom. The second-order valence-corrected chi connectivity index (χ2v) is 4.95. The van der Waals surface area contributed by atoms with Gasteiger partial charge in [0, 0.05) is 32.8 Å². The average molecular weight is 250 g/mol. The summed E-state index contributed by atoms with van der Waals surface area (Å²) in [4.78, 5) is 10.9. The second kappa shape index (κ2) is 6.52. The van der Waals surface area contributed by atoms with E-state index in [-0.39, 0.29) is 11.5 Å². The third-order valence-electron chi connectivity index (χ3n) is 2.71. The van der Waals surface area contributed by atoms with E-state index in [1.54, 1.807) is 7.11 Å². The molecule has 0 fully saturated rings. The fraction of sp³-hybridized carbons (Fsp3) is 0.500. The summed E-state index contributed by atoms with van der Waals surface area (Å²) in [6.07, 6.45) is 0. The number of anilines is 1. The summed E-state index contributed by atoms with van der Waals surface area (Å²) in [5.74, 6) is -0.0530. The number of carbonyl (C=O) groups is 1. The van der Waals surface area contributed by atoms with Crippen LogP contribution in [-0.4, -0.2) is 25.2 Å². The minimum atomic E-state index is -0.157. The number of hydrogen-bond acceptors (Lipinski definition) is 3. The van der Waals surface area contributed by atoms with Crippen molar-refractivity contribution in [3.63, 3.8) is 0 Å². The van der Waals surface area contributed by atoms with Crippen molar-refractivity contribution < 1.29 is 9.53 Å². The molecule has 0 heterocycles. The van der Waals surface area contributed by atoms with E-state index in [4.69, 9.17) is 4.74 Å². The lowest BCUT2D eigenvalue weighted by atomic mass is 10.1. The normalized spacial score (nSPS) is 11.3. The Hall–Kier alpha value is -1.39. The fourth-order valence-electron chi connectivity index (χ4n) is 1.49. The Bertz CT molecular complexity index is 385. The Kier molecular flexibility index (Phi) is 5.31. The van der Waals surface area contributed by atoms with E-state index in [1.165, 1.54) is 12.5 Å². The summed E-state index contributed by atoms with van der Waals surface area (Å²) < 4.78 is 5.33. The minimum Gasteiger partial charge on any atom is -0.377 e. The van der Waals surface area contributed by atoms with Gasteiger partial charge in [-0.1, -0.05) is 12.1 Å². The van der Waals surface area contributed by atoms with Crippen LogP contribution in [0.5, 0.6) is 0 Å². The fourth-order valence-corrected chi connectivity index (χ4v) is 1.49. The molecule has 2 N–H and O–H groups in total. The molecule has 0 aliphatic carbocycles. The predicted octanol–water partition coefficient (Wildman–Crippen LogP) is 2.16. The van der Waals surface area contributed by atoms with Crippen LogP contribution in [0.15, 0.2) is 24.3 Å². The molecular weight excluding hydrogens is 228 g/mol. The zero-order valence-corrected chi connectivity index (χ0v) is 11.5. The summed E-state index contributed by atoms with van der Waals surface area (Å²) >= 11 is 0. The molecule has 0 atom stereocenters. The largest absolute Gasteiger partial charge is 0.377 e. The van der Waals surface area contributed by atoms with Gasteiger partial charge in [0.1, 0.15) is 0 Å². The van der Waals surface area contributed by atoms with E-state index in [0.29, 0.717) is 0 Å². The number of carbonyl (C=O) groups excluding carboxylic acids is 1. The Balaban J connectivity index is 2.42. The molecule has 4 heteroatoms. The molecule has 1 amide bonds. The van der Waals surface area contributed by atoms with Crippen LogP contribution in [0.25, 0.3) is 0 Å². The summed E-state index contributed by atoms with van der Waals surface area (Å²) in [6, 6.07) is 7.80. The molecule has 0 aliphatic rings. The van der Waals surface area contributed by atoms with Gasteiger partial charge in [0.25, 0.3) is 0 Å². The van der Waals surface area contributed by atoms with Crippen molar-refractivity contribution in [1.82, 2.24) is 5.32 Å². The Labute approximate surface area is 109 Å². The zero-order chi connectivity index (χ0) is 13.6. The highest BCUT2D eigenvalue weighted by molar-refractivity contribution is 5.88. The van der Waals surface area contributed by atoms with Crippen LogP contribution < -0.4 is 10.6 Å². The summed E-state index contributed by atoms with van der Waals surface area (Å²) in [5.41, 5.74) is 1.84. The molecule has 0 saturated carbocycles. The van der Waals surface area contributed by atoms with Gasteiger partial charge < -0.3 is 15.4 Å². The number of rotatable bonds is 6. The minimum absolute atomic E-state index is 0.0530. The average Bonchev–Trinajstić information content (AvgIpc) is 2.30. The van der Waals surface area contributed by atoms with Gasteiger partial charge in [0.05, 0.1) is 5.60 Å². The second-order valence-electron chi connectivity index (χ2n) is 4.95. The molecule has 1 rings (SSSR count). The first kappa shape index (κ1) is 14.7. The first-order valence-corrected chi connectivity index (χ1v) is 6.05. The van der Waals surface area contributed by atoms with Gasteiger partial charge in [-0.2, -0.15) is 0 Å². The van der Waals surface area contributed by atoms with E-state index < -0.39 is 0 Å². The predicted molar refractivity (Wildman–Crippen MR) is 73.5 cm³/mol. The summed E-state index contributed by atoms with van der Waals surface area (Å²) in [5, 5.41) is 6.08. The lowest BCUT2D eigenvalue weighted by molar-refractivity contribution is -0.114.